The van der Waals surface area contributed by atoms with Crippen LogP contribution >= 0.6 is 0 Å². The summed E-state index contributed by atoms with van der Waals surface area (Å²) in [5, 5.41) is 11.0. The molecule has 8 nitrogen and oxygen atoms in total. The third kappa shape index (κ3) is 4.73. The molecule has 0 spiro atoms. The lowest BCUT2D eigenvalue weighted by Crippen LogP contribution is -2.44. The maximum atomic E-state index is 14.0. The van der Waals surface area contributed by atoms with Gasteiger partial charge in [-0.2, -0.15) is 5.10 Å². The van der Waals surface area contributed by atoms with Crippen molar-refractivity contribution in [3.8, 4) is 5.82 Å². The fourth-order valence-corrected chi connectivity index (χ4v) is 3.45. The van der Waals surface area contributed by atoms with Crippen LogP contribution in [0.3, 0.4) is 0 Å². The van der Waals surface area contributed by atoms with Gasteiger partial charge in [-0.15, -0.1) is 0 Å². The second-order valence-electron chi connectivity index (χ2n) is 7.05. The number of pyridine rings is 2. The Kier molecular flexibility index (Phi) is 6.17. The molecule has 0 bridgehead atoms. The van der Waals surface area contributed by atoms with Gasteiger partial charge in [0, 0.05) is 50.5 Å². The van der Waals surface area contributed by atoms with Crippen LogP contribution in [0.2, 0.25) is 0 Å². The number of nitrogens with one attached hydrogen (secondary N) is 2. The van der Waals surface area contributed by atoms with E-state index >= 15 is 0 Å². The molecule has 0 radical (unpaired) electrons. The Labute approximate surface area is 174 Å². The van der Waals surface area contributed by atoms with Crippen LogP contribution < -0.4 is 15.5 Å². The van der Waals surface area contributed by atoms with Gasteiger partial charge in [-0.25, -0.2) is 24.0 Å². The van der Waals surface area contributed by atoms with Gasteiger partial charge in [-0.05, 0) is 49.2 Å². The fraction of sp³-hybridized carbons (Fsp3) is 0.333. The van der Waals surface area contributed by atoms with Crippen LogP contribution in [0.15, 0.2) is 60.1 Å². The molecule has 9 heteroatoms. The molecule has 0 amide bonds. The summed E-state index contributed by atoms with van der Waals surface area (Å²) in [7, 11) is 0. The number of nitrogens with zero attached hydrogens (tertiary/aromatic N) is 6. The Balaban J connectivity index is 1.40. The first-order valence-corrected chi connectivity index (χ1v) is 10.1. The molecule has 1 saturated heterocycles. The van der Waals surface area contributed by atoms with E-state index < -0.39 is 0 Å². The molecule has 30 heavy (non-hydrogen) atoms. The zero-order chi connectivity index (χ0) is 20.8. The van der Waals surface area contributed by atoms with Crippen LogP contribution in [0.5, 0.6) is 0 Å². The molecular weight excluding hydrogens is 383 g/mol. The van der Waals surface area contributed by atoms with E-state index in [-0.39, 0.29) is 11.9 Å². The lowest BCUT2D eigenvalue weighted by molar-refractivity contribution is 0.612. The summed E-state index contributed by atoms with van der Waals surface area (Å²) < 4.78 is 15.7. The Morgan fingerprint density at radius 1 is 1.23 bits per heavy atom. The minimum atomic E-state index is -0.288. The highest BCUT2D eigenvalue weighted by Crippen LogP contribution is 2.20. The van der Waals surface area contributed by atoms with E-state index in [2.05, 4.69) is 25.7 Å². The SMILES string of the molecule is CCNC(=NCc1ccnc(-n2cccn2)c1)NC1CCN(c2ncccc2F)C1. The number of aliphatic imine (C=N–C) groups is 1. The van der Waals surface area contributed by atoms with E-state index in [1.165, 1.54) is 6.07 Å². The third-order valence-electron chi connectivity index (χ3n) is 4.88. The molecule has 0 aliphatic carbocycles. The van der Waals surface area contributed by atoms with Crippen molar-refractivity contribution >= 4 is 11.8 Å². The van der Waals surface area contributed by atoms with Gasteiger partial charge in [0.2, 0.25) is 0 Å². The first-order valence-electron chi connectivity index (χ1n) is 10.1. The highest BCUT2D eigenvalue weighted by molar-refractivity contribution is 5.80. The number of aromatic nitrogens is 4. The van der Waals surface area contributed by atoms with Gasteiger partial charge in [-0.3, -0.25) is 0 Å². The van der Waals surface area contributed by atoms with Crippen molar-refractivity contribution in [3.63, 3.8) is 0 Å². The predicted molar refractivity (Wildman–Crippen MR) is 114 cm³/mol. The summed E-state index contributed by atoms with van der Waals surface area (Å²) in [6.07, 6.45) is 7.85. The first-order chi connectivity index (χ1) is 14.7. The van der Waals surface area contributed by atoms with Crippen LogP contribution in [0.4, 0.5) is 10.2 Å². The smallest absolute Gasteiger partial charge is 0.191 e. The molecule has 1 atom stereocenters. The average Bonchev–Trinajstić information content (AvgIpc) is 3.45. The van der Waals surface area contributed by atoms with Crippen LogP contribution in [0.25, 0.3) is 5.82 Å². The monoisotopic (exact) mass is 408 g/mol. The highest BCUT2D eigenvalue weighted by Gasteiger charge is 2.25. The Morgan fingerprint density at radius 3 is 2.97 bits per heavy atom. The molecule has 1 aliphatic rings. The topological polar surface area (TPSA) is 83.3 Å². The number of halogens is 1. The maximum absolute atomic E-state index is 14.0. The van der Waals surface area contributed by atoms with Gasteiger partial charge >= 0.3 is 0 Å². The van der Waals surface area contributed by atoms with Crippen molar-refractivity contribution in [3.05, 3.63) is 66.5 Å². The average molecular weight is 408 g/mol. The van der Waals surface area contributed by atoms with Gasteiger partial charge in [0.1, 0.15) is 0 Å². The van der Waals surface area contributed by atoms with E-state index in [4.69, 9.17) is 4.99 Å². The quantitative estimate of drug-likeness (QED) is 0.480. The molecule has 156 valence electrons. The van der Waals surface area contributed by atoms with E-state index in [1.54, 1.807) is 29.3 Å². The molecule has 4 heterocycles. The van der Waals surface area contributed by atoms with Crippen molar-refractivity contribution in [1.82, 2.24) is 30.4 Å². The molecule has 2 N–H and O–H groups in total. The van der Waals surface area contributed by atoms with Crippen molar-refractivity contribution in [2.24, 2.45) is 4.99 Å². The summed E-state index contributed by atoms with van der Waals surface area (Å²) >= 11 is 0. The lowest BCUT2D eigenvalue weighted by Gasteiger charge is -2.20. The van der Waals surface area contributed by atoms with Gasteiger partial charge < -0.3 is 15.5 Å². The third-order valence-corrected chi connectivity index (χ3v) is 4.88. The molecule has 1 unspecified atom stereocenters. The molecule has 3 aromatic heterocycles. The standard InChI is InChI=1S/C21H25FN8/c1-2-23-21(26-14-16-6-10-24-19(13-16)30-11-4-9-27-30)28-17-7-12-29(15-17)20-18(22)5-3-8-25-20/h3-6,8-11,13,17H,2,7,12,14-15H2,1H3,(H2,23,26,28). The second-order valence-corrected chi connectivity index (χ2v) is 7.05. The van der Waals surface area contributed by atoms with Crippen LogP contribution in [-0.4, -0.2) is 51.4 Å². The summed E-state index contributed by atoms with van der Waals surface area (Å²) in [4.78, 5) is 15.2. The number of anilines is 1. The van der Waals surface area contributed by atoms with Crippen LogP contribution in [-0.2, 0) is 6.54 Å². The largest absolute Gasteiger partial charge is 0.357 e. The van der Waals surface area contributed by atoms with E-state index in [0.29, 0.717) is 18.9 Å². The summed E-state index contributed by atoms with van der Waals surface area (Å²) in [5.41, 5.74) is 1.04. The number of rotatable bonds is 6. The van der Waals surface area contributed by atoms with Gasteiger partial charge in [0.25, 0.3) is 0 Å². The molecule has 4 rings (SSSR count). The van der Waals surface area contributed by atoms with E-state index in [9.17, 15) is 4.39 Å². The summed E-state index contributed by atoms with van der Waals surface area (Å²) in [6.45, 7) is 4.73. The molecular formula is C21H25FN8. The molecule has 1 fully saturated rings. The first kappa shape index (κ1) is 19.8. The van der Waals surface area contributed by atoms with Crippen molar-refractivity contribution in [2.75, 3.05) is 24.5 Å². The van der Waals surface area contributed by atoms with E-state index in [0.717, 1.165) is 36.9 Å². The highest BCUT2D eigenvalue weighted by atomic mass is 19.1. The Hall–Kier alpha value is -3.49. The van der Waals surface area contributed by atoms with Crippen LogP contribution in [0, 0.1) is 5.82 Å². The van der Waals surface area contributed by atoms with Crippen molar-refractivity contribution < 1.29 is 4.39 Å². The number of hydrogen-bond donors (Lipinski definition) is 2. The maximum Gasteiger partial charge on any atom is 0.191 e. The molecule has 0 saturated carbocycles. The molecule has 1 aliphatic heterocycles. The van der Waals surface area contributed by atoms with Crippen molar-refractivity contribution in [2.45, 2.75) is 25.9 Å². The van der Waals surface area contributed by atoms with E-state index in [1.807, 2.05) is 36.2 Å². The normalized spacial score (nSPS) is 16.7. The van der Waals surface area contributed by atoms with Gasteiger partial charge in [0.15, 0.2) is 23.4 Å². The summed E-state index contributed by atoms with van der Waals surface area (Å²) in [6, 6.07) is 9.00. The Bertz CT molecular complexity index is 988. The zero-order valence-corrected chi connectivity index (χ0v) is 16.9. The minimum Gasteiger partial charge on any atom is -0.357 e. The number of hydrogen-bond acceptors (Lipinski definition) is 5. The zero-order valence-electron chi connectivity index (χ0n) is 16.9. The van der Waals surface area contributed by atoms with Crippen LogP contribution in [0.1, 0.15) is 18.9 Å². The second kappa shape index (κ2) is 9.34. The van der Waals surface area contributed by atoms with Crippen molar-refractivity contribution in [1.29, 1.82) is 0 Å². The molecule has 3 aromatic rings. The minimum absolute atomic E-state index is 0.168. The summed E-state index contributed by atoms with van der Waals surface area (Å²) in [5.74, 6) is 1.62. The molecule has 0 aromatic carbocycles. The van der Waals surface area contributed by atoms with Gasteiger partial charge in [0.05, 0.1) is 6.54 Å². The lowest BCUT2D eigenvalue weighted by atomic mass is 10.2. The van der Waals surface area contributed by atoms with Gasteiger partial charge in [-0.1, -0.05) is 0 Å². The Morgan fingerprint density at radius 2 is 2.17 bits per heavy atom. The number of guanidine groups is 1. The predicted octanol–water partition coefficient (Wildman–Crippen LogP) is 2.14. The fourth-order valence-electron chi connectivity index (χ4n) is 3.45.